The molecule has 4 rings (SSSR count). The van der Waals surface area contributed by atoms with Crippen molar-refractivity contribution >= 4 is 28.9 Å². The van der Waals surface area contributed by atoms with Gasteiger partial charge in [0, 0.05) is 17.7 Å². The molecule has 0 radical (unpaired) electrons. The van der Waals surface area contributed by atoms with Gasteiger partial charge in [-0.25, -0.2) is 9.78 Å². The number of thiazole rings is 1. The van der Waals surface area contributed by atoms with E-state index in [2.05, 4.69) is 4.98 Å². The largest absolute Gasteiger partial charge is 0.492 e. The Hall–Kier alpha value is -1.67. The number of rotatable bonds is 5. The fraction of sp³-hybridized carbons (Fsp3) is 0.474. The van der Waals surface area contributed by atoms with Crippen molar-refractivity contribution in [1.29, 1.82) is 0 Å². The third-order valence-corrected chi connectivity index (χ3v) is 6.63. The van der Waals surface area contributed by atoms with Crippen LogP contribution in [0.4, 0.5) is 0 Å². The fourth-order valence-electron chi connectivity index (χ4n) is 4.03. The van der Waals surface area contributed by atoms with Gasteiger partial charge >= 0.3 is 5.97 Å². The zero-order valence-electron chi connectivity index (χ0n) is 14.5. The maximum atomic E-state index is 11.0. The highest BCUT2D eigenvalue weighted by atomic mass is 35.5. The zero-order valence-corrected chi connectivity index (χ0v) is 16.0. The number of para-hydroxylation sites is 1. The van der Waals surface area contributed by atoms with Crippen LogP contribution in [-0.4, -0.2) is 40.0 Å². The smallest absolute Gasteiger partial charge is 0.355 e. The minimum Gasteiger partial charge on any atom is -0.492 e. The summed E-state index contributed by atoms with van der Waals surface area (Å²) in [6, 6.07) is 7.30. The number of carboxylic acids is 1. The Morgan fingerprint density at radius 1 is 1.37 bits per heavy atom. The molecule has 0 bridgehead atoms. The van der Waals surface area contributed by atoms with Crippen LogP contribution in [0.5, 0.6) is 5.75 Å². The van der Waals surface area contributed by atoms with Crippen LogP contribution < -0.4 is 4.74 Å². The molecule has 1 aromatic carbocycles. The third kappa shape index (κ3) is 3.82. The number of aliphatic hydroxyl groups excluding tert-OH is 1. The lowest BCUT2D eigenvalue weighted by Gasteiger charge is -2.33. The number of carbonyl (C=O) groups is 1. The summed E-state index contributed by atoms with van der Waals surface area (Å²) < 4.78 is 12.0. The van der Waals surface area contributed by atoms with Crippen LogP contribution in [0.15, 0.2) is 29.6 Å². The van der Waals surface area contributed by atoms with Gasteiger partial charge in [-0.2, -0.15) is 0 Å². The molecule has 2 heterocycles. The minimum absolute atomic E-state index is 0.0156. The molecular formula is C19H20ClNO5S. The molecule has 2 aromatic rings. The zero-order chi connectivity index (χ0) is 19.0. The van der Waals surface area contributed by atoms with E-state index in [0.717, 1.165) is 12.8 Å². The molecule has 2 aliphatic rings. The van der Waals surface area contributed by atoms with E-state index in [9.17, 15) is 9.90 Å². The van der Waals surface area contributed by atoms with E-state index in [0.29, 0.717) is 28.8 Å². The van der Waals surface area contributed by atoms with E-state index < -0.39 is 12.1 Å². The van der Waals surface area contributed by atoms with Crippen molar-refractivity contribution in [2.24, 2.45) is 11.8 Å². The monoisotopic (exact) mass is 409 g/mol. The van der Waals surface area contributed by atoms with Crippen LogP contribution in [0, 0.1) is 11.8 Å². The first-order valence-corrected chi connectivity index (χ1v) is 10.2. The lowest BCUT2D eigenvalue weighted by molar-refractivity contribution is -0.0811. The van der Waals surface area contributed by atoms with Crippen molar-refractivity contribution < 1.29 is 24.5 Å². The predicted molar refractivity (Wildman–Crippen MR) is 100 cm³/mol. The molecule has 144 valence electrons. The van der Waals surface area contributed by atoms with Gasteiger partial charge in [-0.15, -0.1) is 11.3 Å². The van der Waals surface area contributed by atoms with E-state index in [-0.39, 0.29) is 29.7 Å². The Balaban J connectivity index is 1.40. The van der Waals surface area contributed by atoms with Crippen LogP contribution >= 0.6 is 22.9 Å². The Morgan fingerprint density at radius 3 is 2.93 bits per heavy atom. The summed E-state index contributed by atoms with van der Waals surface area (Å²) in [5, 5.41) is 22.3. The van der Waals surface area contributed by atoms with Gasteiger partial charge in [-0.05, 0) is 30.9 Å². The highest BCUT2D eigenvalue weighted by Crippen LogP contribution is 2.46. The van der Waals surface area contributed by atoms with Gasteiger partial charge in [-0.3, -0.25) is 0 Å². The molecule has 2 fully saturated rings. The summed E-state index contributed by atoms with van der Waals surface area (Å²) in [5.41, 5.74) is 0.0539. The van der Waals surface area contributed by atoms with Crippen LogP contribution in [0.25, 0.3) is 0 Å². The molecule has 1 aliphatic carbocycles. The van der Waals surface area contributed by atoms with Crippen molar-refractivity contribution in [2.45, 2.75) is 37.6 Å². The van der Waals surface area contributed by atoms with Crippen molar-refractivity contribution in [3.05, 3.63) is 45.4 Å². The van der Waals surface area contributed by atoms with Crippen LogP contribution in [-0.2, 0) is 4.74 Å². The SMILES string of the molecule is O=C(O)c1csc([C@H]2CC[C@@H]3[C@@H](COc4ccccc4Cl)[C@H](O)C[C@@H]3O2)n1. The maximum Gasteiger partial charge on any atom is 0.355 e. The van der Waals surface area contributed by atoms with Crippen LogP contribution in [0.2, 0.25) is 5.02 Å². The summed E-state index contributed by atoms with van der Waals surface area (Å²) in [6.45, 7) is 0.389. The molecule has 1 saturated heterocycles. The highest BCUT2D eigenvalue weighted by molar-refractivity contribution is 7.09. The average Bonchev–Trinajstić information content (AvgIpc) is 3.25. The topological polar surface area (TPSA) is 88.9 Å². The Morgan fingerprint density at radius 2 is 2.19 bits per heavy atom. The summed E-state index contributed by atoms with van der Waals surface area (Å²) in [7, 11) is 0. The molecule has 2 N–H and O–H groups in total. The molecule has 0 unspecified atom stereocenters. The van der Waals surface area contributed by atoms with E-state index in [1.807, 2.05) is 18.2 Å². The van der Waals surface area contributed by atoms with Crippen molar-refractivity contribution in [3.63, 3.8) is 0 Å². The number of aromatic carboxylic acids is 1. The van der Waals surface area contributed by atoms with Gasteiger partial charge < -0.3 is 19.7 Å². The molecule has 8 heteroatoms. The minimum atomic E-state index is -1.03. The molecule has 0 spiro atoms. The third-order valence-electron chi connectivity index (χ3n) is 5.38. The van der Waals surface area contributed by atoms with Crippen LogP contribution in [0.3, 0.4) is 0 Å². The molecular weight excluding hydrogens is 390 g/mol. The normalized spacial score (nSPS) is 30.1. The summed E-state index contributed by atoms with van der Waals surface area (Å²) in [4.78, 5) is 15.2. The number of carboxylic acid groups (broad SMARTS) is 1. The van der Waals surface area contributed by atoms with Crippen molar-refractivity contribution in [3.8, 4) is 5.75 Å². The maximum absolute atomic E-state index is 11.0. The molecule has 6 nitrogen and oxygen atoms in total. The van der Waals surface area contributed by atoms with Gasteiger partial charge in [-0.1, -0.05) is 23.7 Å². The number of benzene rings is 1. The van der Waals surface area contributed by atoms with Crippen molar-refractivity contribution in [1.82, 2.24) is 4.98 Å². The number of fused-ring (bicyclic) bond motifs is 1. The quantitative estimate of drug-likeness (QED) is 0.781. The van der Waals surface area contributed by atoms with Crippen LogP contribution in [0.1, 0.15) is 40.9 Å². The average molecular weight is 410 g/mol. The lowest BCUT2D eigenvalue weighted by Crippen LogP contribution is -2.33. The van der Waals surface area contributed by atoms with Gasteiger partial charge in [0.25, 0.3) is 0 Å². The molecule has 1 aromatic heterocycles. The first-order valence-electron chi connectivity index (χ1n) is 8.92. The van der Waals surface area contributed by atoms with Gasteiger partial charge in [0.1, 0.15) is 16.9 Å². The summed E-state index contributed by atoms with van der Waals surface area (Å²) in [6.07, 6.45) is 1.41. The number of aliphatic hydroxyl groups is 1. The fourth-order valence-corrected chi connectivity index (χ4v) is 5.08. The number of nitrogens with zero attached hydrogens (tertiary/aromatic N) is 1. The number of hydrogen-bond acceptors (Lipinski definition) is 6. The second-order valence-electron chi connectivity index (χ2n) is 6.99. The standard InChI is InChI=1S/C19H20ClNO5S/c20-12-3-1-2-4-15(12)25-8-11-10-5-6-16(26-17(10)7-14(11)22)18-21-13(9-27-18)19(23)24/h1-4,9-11,14,16-17,22H,5-8H2,(H,23,24)/t10-,11-,14-,16-,17+/m1/s1. The first kappa shape index (κ1) is 18.7. The Labute approximate surface area is 165 Å². The van der Waals surface area contributed by atoms with Gasteiger partial charge in [0.15, 0.2) is 5.69 Å². The summed E-state index contributed by atoms with van der Waals surface area (Å²) in [5.74, 6) is -0.219. The number of hydrogen-bond donors (Lipinski definition) is 2. The molecule has 1 aliphatic heterocycles. The lowest BCUT2D eigenvalue weighted by atomic mass is 9.87. The molecule has 0 amide bonds. The number of aromatic nitrogens is 1. The van der Waals surface area contributed by atoms with E-state index in [1.165, 1.54) is 16.7 Å². The second-order valence-corrected chi connectivity index (χ2v) is 8.29. The van der Waals surface area contributed by atoms with Gasteiger partial charge in [0.05, 0.1) is 23.8 Å². The first-order chi connectivity index (χ1) is 13.0. The molecule has 27 heavy (non-hydrogen) atoms. The predicted octanol–water partition coefficient (Wildman–Crippen LogP) is 3.79. The van der Waals surface area contributed by atoms with E-state index in [4.69, 9.17) is 26.2 Å². The number of ether oxygens (including phenoxy) is 2. The Kier molecular flexibility index (Phi) is 5.36. The molecule has 5 atom stereocenters. The van der Waals surface area contributed by atoms with E-state index >= 15 is 0 Å². The van der Waals surface area contributed by atoms with Gasteiger partial charge in [0.2, 0.25) is 0 Å². The molecule has 1 saturated carbocycles. The Bertz CT molecular complexity index is 828. The highest BCUT2D eigenvalue weighted by Gasteiger charge is 2.47. The second kappa shape index (κ2) is 7.75. The summed E-state index contributed by atoms with van der Waals surface area (Å²) >= 11 is 7.45. The van der Waals surface area contributed by atoms with E-state index in [1.54, 1.807) is 6.07 Å². The number of halogens is 1. The van der Waals surface area contributed by atoms with Crippen molar-refractivity contribution in [2.75, 3.05) is 6.61 Å².